The first-order chi connectivity index (χ1) is 14.0. The number of benzene rings is 1. The van der Waals surface area contributed by atoms with Gasteiger partial charge in [-0.15, -0.1) is 0 Å². The molecule has 1 saturated heterocycles. The summed E-state index contributed by atoms with van der Waals surface area (Å²) in [7, 11) is 0. The van der Waals surface area contributed by atoms with Gasteiger partial charge < -0.3 is 20.0 Å². The second kappa shape index (κ2) is 9.41. The quantitative estimate of drug-likeness (QED) is 0.730. The number of rotatable bonds is 7. The van der Waals surface area contributed by atoms with Crippen molar-refractivity contribution in [3.63, 3.8) is 0 Å². The topological polar surface area (TPSA) is 68.8 Å². The fourth-order valence-electron chi connectivity index (χ4n) is 3.55. The maximum atomic E-state index is 12.6. The third kappa shape index (κ3) is 4.85. The maximum absolute atomic E-state index is 12.6. The molecule has 2 aromatic rings. The summed E-state index contributed by atoms with van der Waals surface area (Å²) in [6, 6.07) is 9.73. The van der Waals surface area contributed by atoms with Crippen LogP contribution in [-0.2, 0) is 4.79 Å². The van der Waals surface area contributed by atoms with Gasteiger partial charge in [-0.05, 0) is 56.7 Å². The summed E-state index contributed by atoms with van der Waals surface area (Å²) >= 11 is 0. The number of amides is 2. The highest BCUT2D eigenvalue weighted by atomic mass is 16.2. The third-order valence-electron chi connectivity index (χ3n) is 5.40. The van der Waals surface area contributed by atoms with Crippen LogP contribution in [0.3, 0.4) is 0 Å². The highest BCUT2D eigenvalue weighted by Gasteiger charge is 2.17. The lowest BCUT2D eigenvalue weighted by molar-refractivity contribution is -0.118. The maximum Gasteiger partial charge on any atom is 0.274 e. The number of aromatic nitrogens is 1. The highest BCUT2D eigenvalue weighted by molar-refractivity contribution is 6.03. The molecule has 7 nitrogen and oxygen atoms in total. The summed E-state index contributed by atoms with van der Waals surface area (Å²) in [4.78, 5) is 34.0. The van der Waals surface area contributed by atoms with Crippen LogP contribution < -0.4 is 15.1 Å². The Balaban J connectivity index is 1.64. The van der Waals surface area contributed by atoms with Gasteiger partial charge >= 0.3 is 0 Å². The Kier molecular flexibility index (Phi) is 6.69. The lowest BCUT2D eigenvalue weighted by atomic mass is 10.1. The van der Waals surface area contributed by atoms with Crippen LogP contribution in [0.15, 0.2) is 36.5 Å². The minimum atomic E-state index is -0.221. The Morgan fingerprint density at radius 2 is 1.86 bits per heavy atom. The standard InChI is InChI=1S/C22H29N5O2/c1-4-26(5-2)18-6-8-20(17(3)14-18)24-22(29)21-9-7-19(15-23-21)27-12-10-25(16-28)11-13-27/h6-9,14-16H,4-5,10-13H2,1-3H3,(H,24,29). The molecule has 7 heteroatoms. The summed E-state index contributed by atoms with van der Waals surface area (Å²) in [6.07, 6.45) is 2.61. The van der Waals surface area contributed by atoms with Gasteiger partial charge in [-0.25, -0.2) is 4.98 Å². The number of carbonyl (C=O) groups is 2. The summed E-state index contributed by atoms with van der Waals surface area (Å²) in [5.74, 6) is -0.221. The molecule has 0 unspecified atom stereocenters. The molecule has 0 spiro atoms. The Labute approximate surface area is 172 Å². The van der Waals surface area contributed by atoms with E-state index in [9.17, 15) is 9.59 Å². The molecular weight excluding hydrogens is 366 g/mol. The van der Waals surface area contributed by atoms with Crippen molar-refractivity contribution in [3.8, 4) is 0 Å². The van der Waals surface area contributed by atoms with Crippen molar-refractivity contribution >= 4 is 29.4 Å². The van der Waals surface area contributed by atoms with Crippen molar-refractivity contribution in [1.82, 2.24) is 9.88 Å². The summed E-state index contributed by atoms with van der Waals surface area (Å²) in [5, 5.41) is 2.96. The van der Waals surface area contributed by atoms with E-state index >= 15 is 0 Å². The van der Waals surface area contributed by atoms with E-state index in [0.717, 1.165) is 55.2 Å². The van der Waals surface area contributed by atoms with Crippen molar-refractivity contribution in [1.29, 1.82) is 0 Å². The van der Waals surface area contributed by atoms with E-state index in [-0.39, 0.29) is 5.91 Å². The number of piperazine rings is 1. The molecule has 0 atom stereocenters. The van der Waals surface area contributed by atoms with E-state index in [0.29, 0.717) is 18.8 Å². The number of hydrogen-bond donors (Lipinski definition) is 1. The molecule has 1 aliphatic rings. The fourth-order valence-corrected chi connectivity index (χ4v) is 3.55. The van der Waals surface area contributed by atoms with Gasteiger partial charge in [0, 0.05) is 50.6 Å². The van der Waals surface area contributed by atoms with Crippen molar-refractivity contribution in [2.45, 2.75) is 20.8 Å². The van der Waals surface area contributed by atoms with Crippen LogP contribution in [0, 0.1) is 6.92 Å². The highest BCUT2D eigenvalue weighted by Crippen LogP contribution is 2.23. The molecule has 1 aromatic heterocycles. The molecule has 1 N–H and O–H groups in total. The Hall–Kier alpha value is -3.09. The number of anilines is 3. The van der Waals surface area contributed by atoms with Crippen LogP contribution in [0.2, 0.25) is 0 Å². The van der Waals surface area contributed by atoms with Gasteiger partial charge in [0.1, 0.15) is 5.69 Å². The Morgan fingerprint density at radius 1 is 1.14 bits per heavy atom. The SMILES string of the molecule is CCN(CC)c1ccc(NC(=O)c2ccc(N3CCN(C=O)CC3)cn2)c(C)c1. The Bertz CT molecular complexity index is 841. The predicted octanol–water partition coefficient (Wildman–Crippen LogP) is 2.77. The summed E-state index contributed by atoms with van der Waals surface area (Å²) < 4.78 is 0. The zero-order valence-corrected chi connectivity index (χ0v) is 17.4. The van der Waals surface area contributed by atoms with Crippen molar-refractivity contribution in [2.24, 2.45) is 0 Å². The third-order valence-corrected chi connectivity index (χ3v) is 5.40. The molecular formula is C22H29N5O2. The largest absolute Gasteiger partial charge is 0.372 e. The molecule has 0 saturated carbocycles. The van der Waals surface area contributed by atoms with Crippen LogP contribution in [0.25, 0.3) is 0 Å². The number of hydrogen-bond acceptors (Lipinski definition) is 5. The predicted molar refractivity (Wildman–Crippen MR) is 117 cm³/mol. The van der Waals surface area contributed by atoms with Gasteiger partial charge in [0.25, 0.3) is 5.91 Å². The zero-order chi connectivity index (χ0) is 20.8. The second-order valence-electron chi connectivity index (χ2n) is 7.16. The first-order valence-electron chi connectivity index (χ1n) is 10.1. The minimum absolute atomic E-state index is 0.221. The molecule has 2 amide bonds. The van der Waals surface area contributed by atoms with Crippen LogP contribution in [-0.4, -0.2) is 61.5 Å². The lowest BCUT2D eigenvalue weighted by Gasteiger charge is -2.33. The average molecular weight is 396 g/mol. The van der Waals surface area contributed by atoms with E-state index < -0.39 is 0 Å². The van der Waals surface area contributed by atoms with Crippen LogP contribution in [0.5, 0.6) is 0 Å². The van der Waals surface area contributed by atoms with Gasteiger partial charge in [0.2, 0.25) is 6.41 Å². The smallest absolute Gasteiger partial charge is 0.274 e. The molecule has 29 heavy (non-hydrogen) atoms. The fraction of sp³-hybridized carbons (Fsp3) is 0.409. The van der Waals surface area contributed by atoms with Gasteiger partial charge in [-0.3, -0.25) is 9.59 Å². The number of aryl methyl sites for hydroxylation is 1. The second-order valence-corrected chi connectivity index (χ2v) is 7.16. The van der Waals surface area contributed by atoms with Crippen molar-refractivity contribution < 1.29 is 9.59 Å². The van der Waals surface area contributed by atoms with Gasteiger partial charge in [-0.1, -0.05) is 0 Å². The van der Waals surface area contributed by atoms with E-state index in [1.165, 1.54) is 0 Å². The molecule has 1 aromatic carbocycles. The number of carbonyl (C=O) groups excluding carboxylic acids is 2. The average Bonchev–Trinajstić information content (AvgIpc) is 2.76. The Morgan fingerprint density at radius 3 is 2.41 bits per heavy atom. The lowest BCUT2D eigenvalue weighted by Crippen LogP contribution is -2.45. The molecule has 0 aliphatic carbocycles. The molecule has 3 rings (SSSR count). The normalized spacial score (nSPS) is 13.9. The van der Waals surface area contributed by atoms with Gasteiger partial charge in [0.05, 0.1) is 11.9 Å². The number of nitrogens with one attached hydrogen (secondary N) is 1. The number of pyridine rings is 1. The van der Waals surface area contributed by atoms with E-state index in [2.05, 4.69) is 40.0 Å². The van der Waals surface area contributed by atoms with E-state index in [1.54, 1.807) is 17.2 Å². The first-order valence-corrected chi connectivity index (χ1v) is 10.1. The van der Waals surface area contributed by atoms with E-state index in [4.69, 9.17) is 0 Å². The summed E-state index contributed by atoms with van der Waals surface area (Å²) in [5.41, 5.74) is 4.32. The molecule has 0 bridgehead atoms. The van der Waals surface area contributed by atoms with Crippen molar-refractivity contribution in [2.75, 3.05) is 54.4 Å². The number of nitrogens with zero attached hydrogens (tertiary/aromatic N) is 4. The molecule has 2 heterocycles. The molecule has 1 fully saturated rings. The molecule has 1 aliphatic heterocycles. The van der Waals surface area contributed by atoms with Gasteiger partial charge in [0.15, 0.2) is 0 Å². The van der Waals surface area contributed by atoms with Crippen molar-refractivity contribution in [3.05, 3.63) is 47.8 Å². The van der Waals surface area contributed by atoms with Crippen LogP contribution >= 0.6 is 0 Å². The van der Waals surface area contributed by atoms with Crippen LogP contribution in [0.4, 0.5) is 17.1 Å². The zero-order valence-electron chi connectivity index (χ0n) is 17.4. The van der Waals surface area contributed by atoms with Crippen LogP contribution in [0.1, 0.15) is 29.9 Å². The molecule has 0 radical (unpaired) electrons. The minimum Gasteiger partial charge on any atom is -0.372 e. The van der Waals surface area contributed by atoms with E-state index in [1.807, 2.05) is 25.1 Å². The first kappa shape index (κ1) is 20.6. The monoisotopic (exact) mass is 395 g/mol. The molecule has 154 valence electrons. The van der Waals surface area contributed by atoms with Gasteiger partial charge in [-0.2, -0.15) is 0 Å². The summed E-state index contributed by atoms with van der Waals surface area (Å²) in [6.45, 7) is 11.1.